The van der Waals surface area contributed by atoms with Gasteiger partial charge in [0.25, 0.3) is 0 Å². The Morgan fingerprint density at radius 3 is 1.50 bits per heavy atom. The first kappa shape index (κ1) is 28.8. The summed E-state index contributed by atoms with van der Waals surface area (Å²) in [7, 11) is 0. The van der Waals surface area contributed by atoms with E-state index in [9.17, 15) is 0 Å². The zero-order valence-corrected chi connectivity index (χ0v) is 28.1. The van der Waals surface area contributed by atoms with Gasteiger partial charge in [-0.05, 0) is 109 Å². The van der Waals surface area contributed by atoms with Gasteiger partial charge in [-0.2, -0.15) is 0 Å². The van der Waals surface area contributed by atoms with Crippen molar-refractivity contribution < 1.29 is 0 Å². The van der Waals surface area contributed by atoms with Crippen LogP contribution >= 0.6 is 11.3 Å². The summed E-state index contributed by atoms with van der Waals surface area (Å²) in [5.74, 6) is 0. The average Bonchev–Trinajstić information content (AvgIpc) is 3.57. The molecule has 9 aromatic carbocycles. The number of thiophene rings is 1. The molecule has 2 heteroatoms. The van der Waals surface area contributed by atoms with E-state index < -0.39 is 0 Å². The highest BCUT2D eigenvalue weighted by Crippen LogP contribution is 2.42. The predicted molar refractivity (Wildman–Crippen MR) is 217 cm³/mol. The highest BCUT2D eigenvalue weighted by molar-refractivity contribution is 7.25. The monoisotopic (exact) mass is 653 g/mol. The maximum atomic E-state index is 2.40. The summed E-state index contributed by atoms with van der Waals surface area (Å²) in [5, 5.41) is 10.3. The van der Waals surface area contributed by atoms with E-state index in [1.54, 1.807) is 0 Å². The smallest absolute Gasteiger partial charge is 0.0468 e. The second-order valence-corrected chi connectivity index (χ2v) is 14.0. The van der Waals surface area contributed by atoms with E-state index in [2.05, 4.69) is 193 Å². The molecule has 1 nitrogen and oxygen atoms in total. The van der Waals surface area contributed by atoms with Crippen molar-refractivity contribution in [2.45, 2.75) is 0 Å². The Bertz CT molecular complexity index is 2830. The van der Waals surface area contributed by atoms with Crippen LogP contribution < -0.4 is 4.90 Å². The van der Waals surface area contributed by atoms with Gasteiger partial charge in [0.15, 0.2) is 0 Å². The maximum absolute atomic E-state index is 2.40. The van der Waals surface area contributed by atoms with E-state index in [0.29, 0.717) is 0 Å². The molecular formula is C48H31NS. The minimum absolute atomic E-state index is 1.12. The third kappa shape index (κ3) is 4.76. The van der Waals surface area contributed by atoms with E-state index in [1.165, 1.54) is 74.7 Å². The first-order valence-electron chi connectivity index (χ1n) is 17.1. The number of fused-ring (bicyclic) bond motifs is 9. The van der Waals surface area contributed by atoms with Crippen LogP contribution in [0.3, 0.4) is 0 Å². The fourth-order valence-electron chi connectivity index (χ4n) is 7.65. The molecule has 0 fully saturated rings. The van der Waals surface area contributed by atoms with E-state index in [1.807, 2.05) is 11.3 Å². The quantitative estimate of drug-likeness (QED) is 0.167. The van der Waals surface area contributed by atoms with E-state index in [4.69, 9.17) is 0 Å². The van der Waals surface area contributed by atoms with E-state index in [0.717, 1.165) is 17.1 Å². The Labute approximate surface area is 294 Å². The number of nitrogens with zero attached hydrogens (tertiary/aromatic N) is 1. The largest absolute Gasteiger partial charge is 0.310 e. The Morgan fingerprint density at radius 2 is 0.760 bits per heavy atom. The van der Waals surface area contributed by atoms with Gasteiger partial charge < -0.3 is 4.90 Å². The van der Waals surface area contributed by atoms with Crippen LogP contribution in [0.25, 0.3) is 74.7 Å². The molecule has 1 aromatic heterocycles. The van der Waals surface area contributed by atoms with E-state index >= 15 is 0 Å². The molecule has 0 aliphatic carbocycles. The van der Waals surface area contributed by atoms with Crippen molar-refractivity contribution in [1.82, 2.24) is 0 Å². The molecule has 10 aromatic rings. The third-order valence-corrected chi connectivity index (χ3v) is 11.2. The highest BCUT2D eigenvalue weighted by atomic mass is 32.1. The maximum Gasteiger partial charge on any atom is 0.0468 e. The lowest BCUT2D eigenvalue weighted by Gasteiger charge is -2.27. The molecule has 0 aliphatic rings. The standard InChI is InChI=1S/C48H31NS/c1-2-11-32(12-3-1)34-13-10-14-37(29-34)49(38-26-27-43-41-17-5-4-15-39(41)40-16-6-7-18-42(40)45(43)31-38)36-24-21-33(22-25-36)35-23-28-48-46(30-35)44-19-8-9-20-47(44)50-48/h1-31H. The van der Waals surface area contributed by atoms with Gasteiger partial charge in [0, 0.05) is 37.2 Å². The zero-order valence-electron chi connectivity index (χ0n) is 27.3. The molecule has 0 amide bonds. The fourth-order valence-corrected chi connectivity index (χ4v) is 8.73. The lowest BCUT2D eigenvalue weighted by Crippen LogP contribution is -2.10. The molecule has 0 saturated carbocycles. The van der Waals surface area contributed by atoms with Crippen molar-refractivity contribution in [1.29, 1.82) is 0 Å². The summed E-state index contributed by atoms with van der Waals surface area (Å²) in [4.78, 5) is 2.40. The van der Waals surface area contributed by atoms with Crippen molar-refractivity contribution >= 4 is 80.9 Å². The Balaban J connectivity index is 1.14. The SMILES string of the molecule is c1ccc(-c2cccc(N(c3ccc(-c4ccc5sc6ccccc6c5c4)cc3)c3ccc4c5ccccc5c5ccccc5c4c3)c2)cc1. The van der Waals surface area contributed by atoms with Gasteiger partial charge in [0.05, 0.1) is 0 Å². The van der Waals surface area contributed by atoms with Crippen LogP contribution in [0.2, 0.25) is 0 Å². The van der Waals surface area contributed by atoms with Crippen LogP contribution in [-0.4, -0.2) is 0 Å². The van der Waals surface area contributed by atoms with Gasteiger partial charge in [-0.3, -0.25) is 0 Å². The minimum atomic E-state index is 1.12. The molecule has 0 radical (unpaired) electrons. The van der Waals surface area contributed by atoms with Crippen molar-refractivity contribution in [3.63, 3.8) is 0 Å². The van der Waals surface area contributed by atoms with Crippen LogP contribution in [-0.2, 0) is 0 Å². The molecule has 50 heavy (non-hydrogen) atoms. The topological polar surface area (TPSA) is 3.24 Å². The number of hydrogen-bond donors (Lipinski definition) is 0. The Hall–Kier alpha value is -6.22. The first-order chi connectivity index (χ1) is 24.8. The van der Waals surface area contributed by atoms with Crippen molar-refractivity contribution in [2.75, 3.05) is 4.90 Å². The van der Waals surface area contributed by atoms with Gasteiger partial charge in [0.1, 0.15) is 0 Å². The van der Waals surface area contributed by atoms with Crippen LogP contribution in [0.5, 0.6) is 0 Å². The van der Waals surface area contributed by atoms with Crippen molar-refractivity contribution in [3.05, 3.63) is 188 Å². The summed E-state index contributed by atoms with van der Waals surface area (Å²) < 4.78 is 2.66. The second-order valence-electron chi connectivity index (χ2n) is 12.9. The molecular weight excluding hydrogens is 623 g/mol. The van der Waals surface area contributed by atoms with Gasteiger partial charge in [0.2, 0.25) is 0 Å². The summed E-state index contributed by atoms with van der Waals surface area (Å²) in [6.45, 7) is 0. The number of anilines is 3. The lowest BCUT2D eigenvalue weighted by molar-refractivity contribution is 1.29. The number of benzene rings is 9. The molecule has 0 aliphatic heterocycles. The summed E-state index contributed by atoms with van der Waals surface area (Å²) >= 11 is 1.86. The number of hydrogen-bond acceptors (Lipinski definition) is 2. The fraction of sp³-hybridized carbons (Fsp3) is 0. The van der Waals surface area contributed by atoms with Crippen molar-refractivity contribution in [3.8, 4) is 22.3 Å². The van der Waals surface area contributed by atoms with Crippen LogP contribution in [0.1, 0.15) is 0 Å². The van der Waals surface area contributed by atoms with Gasteiger partial charge >= 0.3 is 0 Å². The van der Waals surface area contributed by atoms with Gasteiger partial charge in [-0.1, -0.05) is 133 Å². The molecule has 0 N–H and O–H groups in total. The third-order valence-electron chi connectivity index (χ3n) is 10.0. The van der Waals surface area contributed by atoms with Gasteiger partial charge in [-0.25, -0.2) is 0 Å². The molecule has 1 heterocycles. The molecule has 0 unspecified atom stereocenters. The van der Waals surface area contributed by atoms with Crippen LogP contribution in [0.4, 0.5) is 17.1 Å². The minimum Gasteiger partial charge on any atom is -0.310 e. The van der Waals surface area contributed by atoms with E-state index in [-0.39, 0.29) is 0 Å². The molecule has 0 atom stereocenters. The highest BCUT2D eigenvalue weighted by Gasteiger charge is 2.17. The average molecular weight is 654 g/mol. The summed E-state index contributed by atoms with van der Waals surface area (Å²) in [6, 6.07) is 68.7. The van der Waals surface area contributed by atoms with Crippen LogP contribution in [0, 0.1) is 0 Å². The predicted octanol–water partition coefficient (Wildman–Crippen LogP) is 14.3. The van der Waals surface area contributed by atoms with Crippen molar-refractivity contribution in [2.24, 2.45) is 0 Å². The molecule has 10 rings (SSSR count). The lowest BCUT2D eigenvalue weighted by atomic mass is 9.94. The van der Waals surface area contributed by atoms with Crippen LogP contribution in [0.15, 0.2) is 188 Å². The normalized spacial score (nSPS) is 11.6. The first-order valence-corrected chi connectivity index (χ1v) is 17.9. The Morgan fingerprint density at radius 1 is 0.260 bits per heavy atom. The molecule has 0 saturated heterocycles. The number of rotatable bonds is 5. The summed E-state index contributed by atoms with van der Waals surface area (Å²) in [5.41, 5.74) is 8.20. The molecule has 234 valence electrons. The molecule has 0 bridgehead atoms. The zero-order chi connectivity index (χ0) is 33.0. The second kappa shape index (κ2) is 11.7. The summed E-state index contributed by atoms with van der Waals surface area (Å²) in [6.07, 6.45) is 0. The Kier molecular flexibility index (Phi) is 6.75. The molecule has 0 spiro atoms. The van der Waals surface area contributed by atoms with Gasteiger partial charge in [-0.15, -0.1) is 11.3 Å².